The van der Waals surface area contributed by atoms with Gasteiger partial charge in [0.05, 0.1) is 10.6 Å². The molecule has 0 saturated carbocycles. The van der Waals surface area contributed by atoms with Crippen LogP contribution in [0.15, 0.2) is 53.4 Å². The largest absolute Gasteiger partial charge is 0.323 e. The van der Waals surface area contributed by atoms with E-state index < -0.39 is 9.84 Å². The SMILES string of the molecule is CS(=O)(=O)c1ccc(CN2CCCN(C(=O)Nc3ccccc3I)CC2)cc1. The summed E-state index contributed by atoms with van der Waals surface area (Å²) in [7, 11) is -3.17. The van der Waals surface area contributed by atoms with E-state index in [0.717, 1.165) is 47.4 Å². The van der Waals surface area contributed by atoms with Gasteiger partial charge in [0, 0.05) is 42.5 Å². The molecule has 1 N–H and O–H groups in total. The molecule has 0 bridgehead atoms. The lowest BCUT2D eigenvalue weighted by molar-refractivity contribution is 0.211. The molecule has 1 saturated heterocycles. The highest BCUT2D eigenvalue weighted by Crippen LogP contribution is 2.18. The third-order valence-electron chi connectivity index (χ3n) is 4.75. The number of anilines is 1. The van der Waals surface area contributed by atoms with Crippen LogP contribution in [-0.4, -0.2) is 56.7 Å². The predicted molar refractivity (Wildman–Crippen MR) is 119 cm³/mol. The second kappa shape index (κ2) is 9.23. The van der Waals surface area contributed by atoms with Crippen LogP contribution in [0, 0.1) is 3.57 Å². The standard InChI is InChI=1S/C20H24IN3O3S/c1-28(26,27)17-9-7-16(8-10-17)15-23-11-4-12-24(14-13-23)20(25)22-19-6-3-2-5-18(19)21/h2-3,5-10H,4,11-15H2,1H3,(H,22,25). The summed E-state index contributed by atoms with van der Waals surface area (Å²) in [6.07, 6.45) is 2.12. The third kappa shape index (κ3) is 5.68. The molecule has 2 amide bonds. The second-order valence-electron chi connectivity index (χ2n) is 6.94. The van der Waals surface area contributed by atoms with Gasteiger partial charge in [-0.05, 0) is 58.8 Å². The van der Waals surface area contributed by atoms with Gasteiger partial charge in [0.15, 0.2) is 9.84 Å². The fourth-order valence-electron chi connectivity index (χ4n) is 3.19. The Kier molecular flexibility index (Phi) is 6.95. The van der Waals surface area contributed by atoms with Crippen molar-refractivity contribution in [2.24, 2.45) is 0 Å². The number of para-hydroxylation sites is 1. The summed E-state index contributed by atoms with van der Waals surface area (Å²) in [6, 6.07) is 14.7. The zero-order valence-electron chi connectivity index (χ0n) is 15.8. The Morgan fingerprint density at radius 1 is 1.04 bits per heavy atom. The van der Waals surface area contributed by atoms with Gasteiger partial charge < -0.3 is 10.2 Å². The molecule has 2 aromatic carbocycles. The van der Waals surface area contributed by atoms with Crippen LogP contribution in [0.25, 0.3) is 0 Å². The summed E-state index contributed by atoms with van der Waals surface area (Å²) in [6.45, 7) is 3.82. The summed E-state index contributed by atoms with van der Waals surface area (Å²) in [5.41, 5.74) is 1.91. The molecule has 2 aromatic rings. The highest BCUT2D eigenvalue weighted by atomic mass is 127. The minimum atomic E-state index is -3.17. The van der Waals surface area contributed by atoms with Crippen molar-refractivity contribution in [3.63, 3.8) is 0 Å². The maximum atomic E-state index is 12.6. The molecule has 8 heteroatoms. The molecule has 0 radical (unpaired) electrons. The number of hydrogen-bond acceptors (Lipinski definition) is 4. The lowest BCUT2D eigenvalue weighted by Gasteiger charge is -2.22. The zero-order chi connectivity index (χ0) is 20.1. The summed E-state index contributed by atoms with van der Waals surface area (Å²) >= 11 is 2.22. The first-order valence-corrected chi connectivity index (χ1v) is 12.1. The van der Waals surface area contributed by atoms with Crippen LogP contribution < -0.4 is 5.32 Å². The molecule has 0 unspecified atom stereocenters. The van der Waals surface area contributed by atoms with E-state index in [9.17, 15) is 13.2 Å². The van der Waals surface area contributed by atoms with Gasteiger partial charge >= 0.3 is 6.03 Å². The number of sulfone groups is 1. The van der Waals surface area contributed by atoms with Gasteiger partial charge in [0.1, 0.15) is 0 Å². The van der Waals surface area contributed by atoms with Crippen LogP contribution >= 0.6 is 22.6 Å². The number of carbonyl (C=O) groups excluding carboxylic acids is 1. The van der Waals surface area contributed by atoms with E-state index >= 15 is 0 Å². The van der Waals surface area contributed by atoms with Gasteiger partial charge in [-0.1, -0.05) is 24.3 Å². The number of benzene rings is 2. The first-order chi connectivity index (χ1) is 13.3. The van der Waals surface area contributed by atoms with Gasteiger partial charge in [-0.25, -0.2) is 13.2 Å². The van der Waals surface area contributed by atoms with Gasteiger partial charge in [0.2, 0.25) is 0 Å². The van der Waals surface area contributed by atoms with Crippen LogP contribution in [0.5, 0.6) is 0 Å². The molecule has 1 aliphatic heterocycles. The maximum Gasteiger partial charge on any atom is 0.321 e. The van der Waals surface area contributed by atoms with E-state index in [2.05, 4.69) is 32.8 Å². The second-order valence-corrected chi connectivity index (χ2v) is 10.1. The van der Waals surface area contributed by atoms with Crippen molar-refractivity contribution in [3.8, 4) is 0 Å². The van der Waals surface area contributed by atoms with Crippen molar-refractivity contribution in [2.45, 2.75) is 17.9 Å². The number of urea groups is 1. The highest BCUT2D eigenvalue weighted by molar-refractivity contribution is 14.1. The highest BCUT2D eigenvalue weighted by Gasteiger charge is 2.20. The molecule has 150 valence electrons. The molecule has 3 rings (SSSR count). The summed E-state index contributed by atoms with van der Waals surface area (Å²) in [5, 5.41) is 3.00. The number of nitrogens with zero attached hydrogens (tertiary/aromatic N) is 2. The minimum Gasteiger partial charge on any atom is -0.323 e. The molecule has 1 fully saturated rings. The Morgan fingerprint density at radius 2 is 1.75 bits per heavy atom. The number of carbonyl (C=O) groups is 1. The lowest BCUT2D eigenvalue weighted by atomic mass is 10.2. The number of amides is 2. The number of halogens is 1. The molecule has 0 atom stereocenters. The first kappa shape index (κ1) is 21.1. The van der Waals surface area contributed by atoms with Crippen LogP contribution in [0.2, 0.25) is 0 Å². The molecule has 6 nitrogen and oxygen atoms in total. The summed E-state index contributed by atoms with van der Waals surface area (Å²) in [4.78, 5) is 17.1. The number of nitrogens with one attached hydrogen (secondary N) is 1. The Hall–Kier alpha value is -1.65. The first-order valence-electron chi connectivity index (χ1n) is 9.15. The molecule has 0 aromatic heterocycles. The van der Waals surface area contributed by atoms with Crippen molar-refractivity contribution in [2.75, 3.05) is 37.8 Å². The molecular formula is C20H24IN3O3S. The minimum absolute atomic E-state index is 0.0662. The fourth-order valence-corrected chi connectivity index (χ4v) is 4.34. The monoisotopic (exact) mass is 513 g/mol. The zero-order valence-corrected chi connectivity index (χ0v) is 18.7. The van der Waals surface area contributed by atoms with Crippen molar-refractivity contribution in [3.05, 3.63) is 57.7 Å². The summed E-state index contributed by atoms with van der Waals surface area (Å²) in [5.74, 6) is 0. The molecule has 0 spiro atoms. The normalized spacial score (nSPS) is 15.9. The predicted octanol–water partition coefficient (Wildman–Crippen LogP) is 3.43. The van der Waals surface area contributed by atoms with Gasteiger partial charge in [-0.15, -0.1) is 0 Å². The van der Waals surface area contributed by atoms with Gasteiger partial charge in [-0.3, -0.25) is 4.90 Å². The van der Waals surface area contributed by atoms with Crippen LogP contribution in [0.4, 0.5) is 10.5 Å². The van der Waals surface area contributed by atoms with E-state index in [4.69, 9.17) is 0 Å². The van der Waals surface area contributed by atoms with E-state index in [0.29, 0.717) is 11.4 Å². The number of hydrogen-bond donors (Lipinski definition) is 1. The fraction of sp³-hybridized carbons (Fsp3) is 0.350. The lowest BCUT2D eigenvalue weighted by Crippen LogP contribution is -2.38. The Labute approximate surface area is 180 Å². The van der Waals surface area contributed by atoms with Crippen molar-refractivity contribution >= 4 is 44.1 Å². The number of rotatable bonds is 4. The smallest absolute Gasteiger partial charge is 0.321 e. The van der Waals surface area contributed by atoms with E-state index in [1.165, 1.54) is 6.26 Å². The Morgan fingerprint density at radius 3 is 2.43 bits per heavy atom. The molecule has 28 heavy (non-hydrogen) atoms. The van der Waals surface area contributed by atoms with E-state index in [1.807, 2.05) is 41.3 Å². The molecule has 0 aliphatic carbocycles. The van der Waals surface area contributed by atoms with Crippen LogP contribution in [0.3, 0.4) is 0 Å². The van der Waals surface area contributed by atoms with Gasteiger partial charge in [-0.2, -0.15) is 0 Å². The third-order valence-corrected chi connectivity index (χ3v) is 6.82. The van der Waals surface area contributed by atoms with Crippen LogP contribution in [-0.2, 0) is 16.4 Å². The quantitative estimate of drug-likeness (QED) is 0.637. The molecule has 1 aliphatic rings. The molecular weight excluding hydrogens is 489 g/mol. The van der Waals surface area contributed by atoms with E-state index in [1.54, 1.807) is 12.1 Å². The van der Waals surface area contributed by atoms with Crippen molar-refractivity contribution in [1.82, 2.24) is 9.80 Å². The maximum absolute atomic E-state index is 12.6. The van der Waals surface area contributed by atoms with Gasteiger partial charge in [0.25, 0.3) is 0 Å². The molecule has 1 heterocycles. The Balaban J connectivity index is 1.56. The summed E-state index contributed by atoms with van der Waals surface area (Å²) < 4.78 is 24.2. The van der Waals surface area contributed by atoms with Crippen molar-refractivity contribution < 1.29 is 13.2 Å². The topological polar surface area (TPSA) is 69.7 Å². The Bertz CT molecular complexity index is 932. The van der Waals surface area contributed by atoms with E-state index in [-0.39, 0.29) is 6.03 Å². The average Bonchev–Trinajstić information content (AvgIpc) is 2.89. The average molecular weight is 513 g/mol. The van der Waals surface area contributed by atoms with Crippen LogP contribution in [0.1, 0.15) is 12.0 Å². The van der Waals surface area contributed by atoms with Crippen molar-refractivity contribution in [1.29, 1.82) is 0 Å².